The molecule has 2 heteroatoms. The Labute approximate surface area is 155 Å². The summed E-state index contributed by atoms with van der Waals surface area (Å²) in [5.74, 6) is 0.672. The molecule has 0 radical (unpaired) electrons. The highest BCUT2D eigenvalue weighted by Crippen LogP contribution is 2.22. The van der Waals surface area contributed by atoms with E-state index >= 15 is 0 Å². The molecule has 0 spiro atoms. The molecule has 0 unspecified atom stereocenters. The maximum atomic E-state index is 4.48. The molecule has 0 amide bonds. The zero-order chi connectivity index (χ0) is 18.1. The van der Waals surface area contributed by atoms with E-state index in [1.165, 1.54) is 27.5 Å². The van der Waals surface area contributed by atoms with Crippen molar-refractivity contribution in [3.63, 3.8) is 0 Å². The molecule has 1 aliphatic heterocycles. The lowest BCUT2D eigenvalue weighted by Gasteiger charge is -2.10. The minimum absolute atomic E-state index is 0.672. The van der Waals surface area contributed by atoms with Crippen LogP contribution in [0.1, 0.15) is 42.5 Å². The fourth-order valence-electron chi connectivity index (χ4n) is 3.58. The van der Waals surface area contributed by atoms with E-state index in [1.54, 1.807) is 0 Å². The largest absolute Gasteiger partial charge is 0.154 e. The SMILES string of the molecule is Cc1cc(C2=NN=C(c3ccc4ccccc4c3)C2)ccc1CC(C)C. The van der Waals surface area contributed by atoms with Gasteiger partial charge in [-0.15, -0.1) is 0 Å². The monoisotopic (exact) mass is 340 g/mol. The third-order valence-electron chi connectivity index (χ3n) is 5.01. The number of hydrogen-bond donors (Lipinski definition) is 0. The molecule has 3 aromatic rings. The number of benzene rings is 3. The summed E-state index contributed by atoms with van der Waals surface area (Å²) in [4.78, 5) is 0. The summed E-state index contributed by atoms with van der Waals surface area (Å²) < 4.78 is 0. The highest BCUT2D eigenvalue weighted by Gasteiger charge is 2.17. The zero-order valence-corrected chi connectivity index (χ0v) is 15.7. The van der Waals surface area contributed by atoms with Gasteiger partial charge in [0.1, 0.15) is 0 Å². The minimum Gasteiger partial charge on any atom is -0.154 e. The second-order valence-electron chi connectivity index (χ2n) is 7.57. The Balaban J connectivity index is 1.54. The average Bonchev–Trinajstić information content (AvgIpc) is 3.13. The molecule has 26 heavy (non-hydrogen) atoms. The lowest BCUT2D eigenvalue weighted by atomic mass is 9.94. The van der Waals surface area contributed by atoms with Crippen molar-refractivity contribution in [3.05, 3.63) is 82.9 Å². The van der Waals surface area contributed by atoms with Gasteiger partial charge >= 0.3 is 0 Å². The molecule has 2 nitrogen and oxygen atoms in total. The first-order chi connectivity index (χ1) is 12.6. The first-order valence-electron chi connectivity index (χ1n) is 9.32. The van der Waals surface area contributed by atoms with E-state index in [2.05, 4.69) is 91.6 Å². The molecule has 0 saturated heterocycles. The summed E-state index contributed by atoms with van der Waals surface area (Å²) in [5.41, 5.74) is 7.24. The molecule has 0 aliphatic carbocycles. The number of nitrogens with zero attached hydrogens (tertiary/aromatic N) is 2. The standard InChI is InChI=1S/C24H24N2/c1-16(2)12-19-9-11-21(13-17(19)3)23-15-24(26-25-23)22-10-8-18-6-4-5-7-20(18)14-22/h4-11,13-14,16H,12,15H2,1-3H3. The van der Waals surface area contributed by atoms with Crippen LogP contribution in [-0.4, -0.2) is 11.4 Å². The molecule has 0 atom stereocenters. The van der Waals surface area contributed by atoms with E-state index in [-0.39, 0.29) is 0 Å². The number of fused-ring (bicyclic) bond motifs is 1. The molecule has 0 aromatic heterocycles. The predicted octanol–water partition coefficient (Wildman–Crippen LogP) is 5.94. The molecule has 0 saturated carbocycles. The van der Waals surface area contributed by atoms with Crippen LogP contribution in [0.3, 0.4) is 0 Å². The van der Waals surface area contributed by atoms with Crippen LogP contribution >= 0.6 is 0 Å². The maximum absolute atomic E-state index is 4.48. The molecular formula is C24H24N2. The van der Waals surface area contributed by atoms with Crippen LogP contribution in [0.2, 0.25) is 0 Å². The van der Waals surface area contributed by atoms with E-state index in [4.69, 9.17) is 0 Å². The van der Waals surface area contributed by atoms with Crippen LogP contribution in [0.4, 0.5) is 0 Å². The van der Waals surface area contributed by atoms with E-state index in [1.807, 2.05) is 0 Å². The van der Waals surface area contributed by atoms with Crippen LogP contribution in [0.15, 0.2) is 70.9 Å². The predicted molar refractivity (Wildman–Crippen MR) is 111 cm³/mol. The fourth-order valence-corrected chi connectivity index (χ4v) is 3.58. The Kier molecular flexibility index (Phi) is 4.42. The summed E-state index contributed by atoms with van der Waals surface area (Å²) in [7, 11) is 0. The average molecular weight is 340 g/mol. The second kappa shape index (κ2) is 6.87. The van der Waals surface area contributed by atoms with E-state index in [9.17, 15) is 0 Å². The molecular weight excluding hydrogens is 316 g/mol. The molecule has 3 aromatic carbocycles. The summed E-state index contributed by atoms with van der Waals surface area (Å²) in [6.07, 6.45) is 1.92. The van der Waals surface area contributed by atoms with Gasteiger partial charge in [0.05, 0.1) is 11.4 Å². The summed E-state index contributed by atoms with van der Waals surface area (Å²) in [5, 5.41) is 11.5. The van der Waals surface area contributed by atoms with Crippen molar-refractivity contribution in [2.75, 3.05) is 0 Å². The Morgan fingerprint density at radius 1 is 0.808 bits per heavy atom. The van der Waals surface area contributed by atoms with Gasteiger partial charge in [-0.25, -0.2) is 0 Å². The van der Waals surface area contributed by atoms with Crippen molar-refractivity contribution in [3.8, 4) is 0 Å². The van der Waals surface area contributed by atoms with Crippen LogP contribution in [-0.2, 0) is 6.42 Å². The quantitative estimate of drug-likeness (QED) is 0.561. The summed E-state index contributed by atoms with van der Waals surface area (Å²) >= 11 is 0. The van der Waals surface area contributed by atoms with Crippen molar-refractivity contribution in [1.29, 1.82) is 0 Å². The molecule has 0 N–H and O–H groups in total. The highest BCUT2D eigenvalue weighted by molar-refractivity contribution is 6.20. The van der Waals surface area contributed by atoms with Gasteiger partial charge in [-0.1, -0.05) is 62.4 Å². The van der Waals surface area contributed by atoms with Gasteiger partial charge in [0, 0.05) is 6.42 Å². The molecule has 0 bridgehead atoms. The fraction of sp³-hybridized carbons (Fsp3) is 0.250. The topological polar surface area (TPSA) is 24.7 Å². The van der Waals surface area contributed by atoms with Gasteiger partial charge in [-0.3, -0.25) is 0 Å². The van der Waals surface area contributed by atoms with Crippen molar-refractivity contribution < 1.29 is 0 Å². The van der Waals surface area contributed by atoms with E-state index in [0.29, 0.717) is 5.92 Å². The van der Waals surface area contributed by atoms with E-state index in [0.717, 1.165) is 29.8 Å². The normalized spacial score (nSPS) is 14.0. The molecule has 130 valence electrons. The lowest BCUT2D eigenvalue weighted by molar-refractivity contribution is 0.645. The highest BCUT2D eigenvalue weighted by atomic mass is 15.2. The minimum atomic E-state index is 0.672. The molecule has 1 heterocycles. The third kappa shape index (κ3) is 3.32. The van der Waals surface area contributed by atoms with Crippen molar-refractivity contribution in [1.82, 2.24) is 0 Å². The number of rotatable bonds is 4. The Morgan fingerprint density at radius 3 is 2.15 bits per heavy atom. The van der Waals surface area contributed by atoms with Crippen molar-refractivity contribution in [2.24, 2.45) is 16.1 Å². The maximum Gasteiger partial charge on any atom is 0.0763 e. The van der Waals surface area contributed by atoms with E-state index < -0.39 is 0 Å². The smallest absolute Gasteiger partial charge is 0.0763 e. The van der Waals surface area contributed by atoms with Gasteiger partial charge in [0.15, 0.2) is 0 Å². The Hall–Kier alpha value is -2.74. The van der Waals surface area contributed by atoms with Gasteiger partial charge < -0.3 is 0 Å². The van der Waals surface area contributed by atoms with Gasteiger partial charge in [-0.05, 0) is 64.4 Å². The first kappa shape index (κ1) is 16.7. The Bertz CT molecular complexity index is 1030. The molecule has 1 aliphatic rings. The third-order valence-corrected chi connectivity index (χ3v) is 5.01. The second-order valence-corrected chi connectivity index (χ2v) is 7.57. The van der Waals surface area contributed by atoms with Crippen LogP contribution in [0.25, 0.3) is 10.8 Å². The molecule has 0 fully saturated rings. The summed E-state index contributed by atoms with van der Waals surface area (Å²) in [6.45, 7) is 6.72. The van der Waals surface area contributed by atoms with Crippen molar-refractivity contribution in [2.45, 2.75) is 33.6 Å². The zero-order valence-electron chi connectivity index (χ0n) is 15.7. The number of aryl methyl sites for hydroxylation is 1. The van der Waals surface area contributed by atoms with Crippen molar-refractivity contribution >= 4 is 22.2 Å². The van der Waals surface area contributed by atoms with Crippen LogP contribution in [0.5, 0.6) is 0 Å². The lowest BCUT2D eigenvalue weighted by Crippen LogP contribution is -2.06. The van der Waals surface area contributed by atoms with Crippen LogP contribution < -0.4 is 0 Å². The number of hydrogen-bond acceptors (Lipinski definition) is 2. The van der Waals surface area contributed by atoms with Crippen LogP contribution in [0, 0.1) is 12.8 Å². The summed E-state index contributed by atoms with van der Waals surface area (Å²) in [6, 6.07) is 21.7. The Morgan fingerprint density at radius 2 is 1.46 bits per heavy atom. The van der Waals surface area contributed by atoms with Gasteiger partial charge in [0.25, 0.3) is 0 Å². The van der Waals surface area contributed by atoms with Gasteiger partial charge in [0.2, 0.25) is 0 Å². The first-order valence-corrected chi connectivity index (χ1v) is 9.32. The molecule has 4 rings (SSSR count). The van der Waals surface area contributed by atoms with Gasteiger partial charge in [-0.2, -0.15) is 10.2 Å².